The van der Waals surface area contributed by atoms with E-state index in [-0.39, 0.29) is 0 Å². The molecule has 0 aromatic carbocycles. The van der Waals surface area contributed by atoms with Gasteiger partial charge in [0.2, 0.25) is 0 Å². The summed E-state index contributed by atoms with van der Waals surface area (Å²) in [7, 11) is -3.46. The molecule has 0 atom stereocenters. The van der Waals surface area contributed by atoms with Crippen LogP contribution in [0.15, 0.2) is 0 Å². The Morgan fingerprint density at radius 1 is 0.522 bits per heavy atom. The molecule has 0 saturated heterocycles. The van der Waals surface area contributed by atoms with Gasteiger partial charge in [0.15, 0.2) is 0 Å². The first-order valence-electron chi connectivity index (χ1n) is 8.40. The first kappa shape index (κ1) is 24.0. The van der Waals surface area contributed by atoms with Crippen molar-refractivity contribution < 1.29 is 18.1 Å². The van der Waals surface area contributed by atoms with Gasteiger partial charge in [-0.2, -0.15) is 0 Å². The number of phosphoric ester groups is 1. The predicted octanol–water partition coefficient (Wildman–Crippen LogP) is 6.37. The Morgan fingerprint density at radius 3 is 1.09 bits per heavy atom. The molecule has 0 aliphatic carbocycles. The number of unbranched alkanes of at least 4 members (excludes halogenated alkanes) is 6. The summed E-state index contributed by atoms with van der Waals surface area (Å²) < 4.78 is 28.8. The molecule has 0 aliphatic heterocycles. The van der Waals surface area contributed by atoms with Gasteiger partial charge in [0.25, 0.3) is 0 Å². The third kappa shape index (κ3) is 16.2. The molecular weight excluding hydrogens is 381 g/mol. The van der Waals surface area contributed by atoms with E-state index in [1.54, 1.807) is 0 Å². The summed E-state index contributed by atoms with van der Waals surface area (Å²) >= 11 is 16.9. The third-order valence-electron chi connectivity index (χ3n) is 3.08. The topological polar surface area (TPSA) is 44.8 Å². The highest BCUT2D eigenvalue weighted by molar-refractivity contribution is 7.48. The lowest BCUT2D eigenvalue weighted by Gasteiger charge is -2.18. The first-order valence-corrected chi connectivity index (χ1v) is 11.5. The number of phosphoric acid groups is 1. The number of hydrogen-bond donors (Lipinski definition) is 0. The van der Waals surface area contributed by atoms with Gasteiger partial charge in [0.05, 0.1) is 19.8 Å². The normalized spacial score (nSPS) is 12.0. The summed E-state index contributed by atoms with van der Waals surface area (Å²) in [5.74, 6) is 1.89. The summed E-state index contributed by atoms with van der Waals surface area (Å²) in [5, 5.41) is 0. The Bertz CT molecular complexity index is 253. The van der Waals surface area contributed by atoms with Crippen LogP contribution in [0.4, 0.5) is 0 Å². The molecule has 0 aromatic heterocycles. The van der Waals surface area contributed by atoms with Crippen LogP contribution in [0.25, 0.3) is 0 Å². The van der Waals surface area contributed by atoms with Crippen molar-refractivity contribution in [1.82, 2.24) is 0 Å². The Balaban J connectivity index is 4.03. The van der Waals surface area contributed by atoms with Crippen molar-refractivity contribution >= 4 is 42.6 Å². The van der Waals surface area contributed by atoms with Crippen LogP contribution < -0.4 is 0 Å². The fourth-order valence-electron chi connectivity index (χ4n) is 1.76. The summed E-state index contributed by atoms with van der Waals surface area (Å²) in [6.07, 6.45) is 7.97. The lowest BCUT2D eigenvalue weighted by Crippen LogP contribution is -2.04. The molecule has 0 fully saturated rings. The molecule has 0 amide bonds. The van der Waals surface area contributed by atoms with Gasteiger partial charge in [0.1, 0.15) is 0 Å². The minimum atomic E-state index is -3.46. The molecule has 0 spiro atoms. The molecule has 8 heteroatoms. The van der Waals surface area contributed by atoms with Gasteiger partial charge in [0, 0.05) is 17.6 Å². The van der Waals surface area contributed by atoms with Gasteiger partial charge in [-0.25, -0.2) is 4.57 Å². The van der Waals surface area contributed by atoms with Crippen LogP contribution in [0, 0.1) is 0 Å². The van der Waals surface area contributed by atoms with Gasteiger partial charge in [-0.05, 0) is 57.8 Å². The molecule has 0 N–H and O–H groups in total. The minimum Gasteiger partial charge on any atom is -0.287 e. The van der Waals surface area contributed by atoms with E-state index in [1.807, 2.05) is 0 Å². The molecule has 4 nitrogen and oxygen atoms in total. The van der Waals surface area contributed by atoms with E-state index in [0.717, 1.165) is 57.8 Å². The molecule has 0 radical (unpaired) electrons. The SMILES string of the molecule is O=P(OCCCCCCl)(OCCCCCCl)OCCCCCCl. The number of alkyl halides is 3. The van der Waals surface area contributed by atoms with Crippen molar-refractivity contribution in [3.05, 3.63) is 0 Å². The highest BCUT2D eigenvalue weighted by Crippen LogP contribution is 2.49. The Morgan fingerprint density at radius 2 is 0.826 bits per heavy atom. The maximum atomic E-state index is 12.6. The zero-order chi connectivity index (χ0) is 17.2. The maximum absolute atomic E-state index is 12.6. The molecule has 0 aromatic rings. The van der Waals surface area contributed by atoms with Crippen molar-refractivity contribution in [2.75, 3.05) is 37.5 Å². The summed E-state index contributed by atoms with van der Waals surface area (Å²) in [5.41, 5.74) is 0. The second kappa shape index (κ2) is 17.8. The van der Waals surface area contributed by atoms with Crippen LogP contribution in [-0.4, -0.2) is 37.5 Å². The lowest BCUT2D eigenvalue weighted by molar-refractivity contribution is 0.109. The fraction of sp³-hybridized carbons (Fsp3) is 1.00. The van der Waals surface area contributed by atoms with Crippen molar-refractivity contribution in [2.45, 2.75) is 57.8 Å². The maximum Gasteiger partial charge on any atom is 0.474 e. The van der Waals surface area contributed by atoms with E-state index in [2.05, 4.69) is 0 Å². The number of halogens is 3. The van der Waals surface area contributed by atoms with E-state index < -0.39 is 7.82 Å². The third-order valence-corrected chi connectivity index (χ3v) is 5.38. The summed E-state index contributed by atoms with van der Waals surface area (Å²) in [4.78, 5) is 0. The van der Waals surface area contributed by atoms with E-state index in [9.17, 15) is 4.57 Å². The van der Waals surface area contributed by atoms with Crippen LogP contribution >= 0.6 is 42.6 Å². The average Bonchev–Trinajstić information content (AvgIpc) is 2.54. The van der Waals surface area contributed by atoms with E-state index in [4.69, 9.17) is 48.4 Å². The molecule has 0 saturated carbocycles. The molecule has 0 unspecified atom stereocenters. The first-order chi connectivity index (χ1) is 11.2. The van der Waals surface area contributed by atoms with Gasteiger partial charge < -0.3 is 0 Å². The molecule has 23 heavy (non-hydrogen) atoms. The molecule has 140 valence electrons. The van der Waals surface area contributed by atoms with E-state index in [0.29, 0.717) is 37.5 Å². The van der Waals surface area contributed by atoms with Crippen LogP contribution in [-0.2, 0) is 18.1 Å². The molecule has 0 bridgehead atoms. The largest absolute Gasteiger partial charge is 0.474 e. The van der Waals surface area contributed by atoms with Crippen molar-refractivity contribution in [3.63, 3.8) is 0 Å². The summed E-state index contributed by atoms with van der Waals surface area (Å²) in [6, 6.07) is 0. The van der Waals surface area contributed by atoms with E-state index >= 15 is 0 Å². The second-order valence-electron chi connectivity index (χ2n) is 5.20. The standard InChI is InChI=1S/C15H30Cl3O4P/c16-10-4-1-7-13-20-23(19,21-14-8-2-5-11-17)22-15-9-3-6-12-18/h1-15H2. The Kier molecular flexibility index (Phi) is 18.5. The quantitative estimate of drug-likeness (QED) is 0.149. The van der Waals surface area contributed by atoms with Gasteiger partial charge in [-0.3, -0.25) is 13.6 Å². The monoisotopic (exact) mass is 410 g/mol. The van der Waals surface area contributed by atoms with Gasteiger partial charge >= 0.3 is 7.82 Å². The number of hydrogen-bond acceptors (Lipinski definition) is 4. The Labute approximate surface area is 156 Å². The number of rotatable bonds is 18. The highest BCUT2D eigenvalue weighted by atomic mass is 35.5. The van der Waals surface area contributed by atoms with Crippen LogP contribution in [0.3, 0.4) is 0 Å². The molecule has 0 rings (SSSR count). The van der Waals surface area contributed by atoms with Crippen LogP contribution in [0.5, 0.6) is 0 Å². The fourth-order valence-corrected chi connectivity index (χ4v) is 3.61. The Hall–Kier alpha value is 0.980. The highest BCUT2D eigenvalue weighted by Gasteiger charge is 2.26. The zero-order valence-corrected chi connectivity index (χ0v) is 17.0. The minimum absolute atomic E-state index is 0.359. The summed E-state index contributed by atoms with van der Waals surface area (Å²) in [6.45, 7) is 1.08. The molecular formula is C15H30Cl3O4P. The van der Waals surface area contributed by atoms with Crippen molar-refractivity contribution in [1.29, 1.82) is 0 Å². The smallest absolute Gasteiger partial charge is 0.287 e. The van der Waals surface area contributed by atoms with Crippen molar-refractivity contribution in [2.24, 2.45) is 0 Å². The second-order valence-corrected chi connectivity index (χ2v) is 8.00. The van der Waals surface area contributed by atoms with Crippen LogP contribution in [0.2, 0.25) is 0 Å². The van der Waals surface area contributed by atoms with Crippen molar-refractivity contribution in [3.8, 4) is 0 Å². The van der Waals surface area contributed by atoms with Crippen LogP contribution in [0.1, 0.15) is 57.8 Å². The van der Waals surface area contributed by atoms with Gasteiger partial charge in [-0.15, -0.1) is 34.8 Å². The zero-order valence-electron chi connectivity index (χ0n) is 13.8. The lowest BCUT2D eigenvalue weighted by atomic mass is 10.3. The van der Waals surface area contributed by atoms with E-state index in [1.165, 1.54) is 0 Å². The molecule has 0 heterocycles. The predicted molar refractivity (Wildman–Crippen MR) is 99.2 cm³/mol. The average molecular weight is 412 g/mol. The molecule has 0 aliphatic rings. The van der Waals surface area contributed by atoms with Gasteiger partial charge in [-0.1, -0.05) is 0 Å².